The van der Waals surface area contributed by atoms with Crippen molar-refractivity contribution in [1.29, 1.82) is 0 Å². The minimum atomic E-state index is -0.440. The summed E-state index contributed by atoms with van der Waals surface area (Å²) in [4.78, 5) is 25.0. The number of hydrogen-bond acceptors (Lipinski definition) is 6. The summed E-state index contributed by atoms with van der Waals surface area (Å²) in [5, 5.41) is 0. The molecule has 4 rings (SSSR count). The van der Waals surface area contributed by atoms with Gasteiger partial charge in [-0.1, -0.05) is 6.07 Å². The Labute approximate surface area is 164 Å². The highest BCUT2D eigenvalue weighted by molar-refractivity contribution is 5.96. The Bertz CT molecular complexity index is 772. The van der Waals surface area contributed by atoms with Gasteiger partial charge in [0, 0.05) is 13.0 Å². The molecule has 0 spiro atoms. The molecule has 1 saturated heterocycles. The Hall–Kier alpha value is -2.34. The molecular weight excluding hydrogens is 360 g/mol. The summed E-state index contributed by atoms with van der Waals surface area (Å²) in [5.74, 6) is 0.278. The molecule has 3 aliphatic rings. The van der Waals surface area contributed by atoms with E-state index in [2.05, 4.69) is 6.07 Å². The molecule has 2 heterocycles. The lowest BCUT2D eigenvalue weighted by Crippen LogP contribution is -2.43. The molecule has 0 aromatic heterocycles. The molecule has 4 unspecified atom stereocenters. The lowest BCUT2D eigenvalue weighted by atomic mass is 9.80. The molecular formula is C22H26O6. The second-order valence-corrected chi connectivity index (χ2v) is 7.93. The average Bonchev–Trinajstić information content (AvgIpc) is 3.18. The third kappa shape index (κ3) is 4.07. The zero-order chi connectivity index (χ0) is 19.7. The molecule has 150 valence electrons. The number of esters is 1. The van der Waals surface area contributed by atoms with Crippen molar-refractivity contribution in [2.24, 2.45) is 5.92 Å². The summed E-state index contributed by atoms with van der Waals surface area (Å²) >= 11 is 0. The Morgan fingerprint density at radius 3 is 2.61 bits per heavy atom. The number of fused-ring (bicyclic) bond motifs is 1. The van der Waals surface area contributed by atoms with Crippen molar-refractivity contribution in [3.05, 3.63) is 41.3 Å². The maximum atomic E-state index is 12.9. The Balaban J connectivity index is 1.38. The van der Waals surface area contributed by atoms with Gasteiger partial charge in [-0.25, -0.2) is 4.79 Å². The van der Waals surface area contributed by atoms with Crippen LogP contribution < -0.4 is 4.74 Å². The molecule has 2 fully saturated rings. The van der Waals surface area contributed by atoms with Crippen LogP contribution in [0.25, 0.3) is 0 Å². The molecule has 4 atom stereocenters. The summed E-state index contributed by atoms with van der Waals surface area (Å²) in [7, 11) is 0. The van der Waals surface area contributed by atoms with Gasteiger partial charge in [-0.15, -0.1) is 0 Å². The first-order chi connectivity index (χ1) is 13.5. The van der Waals surface area contributed by atoms with Crippen LogP contribution in [-0.2, 0) is 23.8 Å². The molecule has 2 aliphatic heterocycles. The van der Waals surface area contributed by atoms with Crippen LogP contribution in [-0.4, -0.2) is 36.7 Å². The lowest BCUT2D eigenvalue weighted by molar-refractivity contribution is -0.165. The average molecular weight is 386 g/mol. The molecule has 1 saturated carbocycles. The number of benzene rings is 1. The van der Waals surface area contributed by atoms with Gasteiger partial charge < -0.3 is 18.9 Å². The van der Waals surface area contributed by atoms with E-state index in [4.69, 9.17) is 18.9 Å². The maximum absolute atomic E-state index is 12.9. The first-order valence-corrected chi connectivity index (χ1v) is 9.97. The van der Waals surface area contributed by atoms with Gasteiger partial charge in [-0.3, -0.25) is 4.79 Å². The van der Waals surface area contributed by atoms with Crippen molar-refractivity contribution in [1.82, 2.24) is 0 Å². The Morgan fingerprint density at radius 2 is 1.89 bits per heavy atom. The van der Waals surface area contributed by atoms with Crippen molar-refractivity contribution in [2.75, 3.05) is 6.61 Å². The minimum Gasteiger partial charge on any atom is -0.493 e. The third-order valence-electron chi connectivity index (χ3n) is 5.57. The van der Waals surface area contributed by atoms with Gasteiger partial charge in [-0.2, -0.15) is 0 Å². The zero-order valence-electron chi connectivity index (χ0n) is 16.3. The second kappa shape index (κ2) is 7.95. The molecule has 1 aromatic carbocycles. The van der Waals surface area contributed by atoms with E-state index in [0.717, 1.165) is 17.5 Å². The zero-order valence-corrected chi connectivity index (χ0v) is 16.3. The largest absolute Gasteiger partial charge is 0.493 e. The van der Waals surface area contributed by atoms with Gasteiger partial charge in [-0.05, 0) is 62.8 Å². The van der Waals surface area contributed by atoms with Crippen LogP contribution in [0.4, 0.5) is 0 Å². The smallest absolute Gasteiger partial charge is 0.335 e. The SMILES string of the molecule is Cc1cc(C)cc(OC2=COC3CC(OC(=O)C4CCCO4)CCC3C2=O)c1. The minimum absolute atomic E-state index is 0.0423. The highest BCUT2D eigenvalue weighted by Gasteiger charge is 2.42. The predicted molar refractivity (Wildman–Crippen MR) is 101 cm³/mol. The molecule has 0 bridgehead atoms. The van der Waals surface area contributed by atoms with Crippen LogP contribution >= 0.6 is 0 Å². The first kappa shape index (κ1) is 19.0. The second-order valence-electron chi connectivity index (χ2n) is 7.93. The lowest BCUT2D eigenvalue weighted by Gasteiger charge is -2.37. The first-order valence-electron chi connectivity index (χ1n) is 9.97. The summed E-state index contributed by atoms with van der Waals surface area (Å²) in [6, 6.07) is 5.85. The van der Waals surface area contributed by atoms with E-state index in [1.807, 2.05) is 26.0 Å². The van der Waals surface area contributed by atoms with Gasteiger partial charge in [0.15, 0.2) is 6.10 Å². The van der Waals surface area contributed by atoms with Crippen LogP contribution in [0, 0.1) is 19.8 Å². The van der Waals surface area contributed by atoms with E-state index in [0.29, 0.717) is 38.0 Å². The van der Waals surface area contributed by atoms with Crippen LogP contribution in [0.2, 0.25) is 0 Å². The van der Waals surface area contributed by atoms with E-state index < -0.39 is 6.10 Å². The quantitative estimate of drug-likeness (QED) is 0.739. The fourth-order valence-electron chi connectivity index (χ4n) is 4.24. The molecule has 0 N–H and O–H groups in total. The Morgan fingerprint density at radius 1 is 1.11 bits per heavy atom. The predicted octanol–water partition coefficient (Wildman–Crippen LogP) is 3.38. The molecule has 6 heteroatoms. The number of ether oxygens (including phenoxy) is 4. The number of allylic oxidation sites excluding steroid dienone is 1. The fourth-order valence-corrected chi connectivity index (χ4v) is 4.24. The van der Waals surface area contributed by atoms with Crippen molar-refractivity contribution < 1.29 is 28.5 Å². The van der Waals surface area contributed by atoms with Crippen molar-refractivity contribution >= 4 is 11.8 Å². The van der Waals surface area contributed by atoms with E-state index in [1.54, 1.807) is 0 Å². The van der Waals surface area contributed by atoms with Gasteiger partial charge in [0.25, 0.3) is 0 Å². The number of carbonyl (C=O) groups is 2. The van der Waals surface area contributed by atoms with Crippen LogP contribution in [0.15, 0.2) is 30.2 Å². The molecule has 0 amide bonds. The van der Waals surface area contributed by atoms with Crippen molar-refractivity contribution in [3.63, 3.8) is 0 Å². The van der Waals surface area contributed by atoms with E-state index in [9.17, 15) is 9.59 Å². The number of hydrogen-bond donors (Lipinski definition) is 0. The summed E-state index contributed by atoms with van der Waals surface area (Å²) in [6.45, 7) is 4.59. The molecule has 0 radical (unpaired) electrons. The summed E-state index contributed by atoms with van der Waals surface area (Å²) < 4.78 is 22.6. The summed E-state index contributed by atoms with van der Waals surface area (Å²) in [5.41, 5.74) is 2.15. The van der Waals surface area contributed by atoms with Crippen LogP contribution in [0.3, 0.4) is 0 Å². The third-order valence-corrected chi connectivity index (χ3v) is 5.57. The van der Waals surface area contributed by atoms with E-state index in [-0.39, 0.29) is 35.6 Å². The van der Waals surface area contributed by atoms with E-state index in [1.165, 1.54) is 6.26 Å². The number of aryl methyl sites for hydroxylation is 2. The van der Waals surface area contributed by atoms with Crippen LogP contribution in [0.1, 0.15) is 43.2 Å². The molecule has 6 nitrogen and oxygen atoms in total. The number of ketones is 1. The van der Waals surface area contributed by atoms with Crippen molar-refractivity contribution in [2.45, 2.75) is 64.3 Å². The van der Waals surface area contributed by atoms with Gasteiger partial charge in [0.2, 0.25) is 11.5 Å². The van der Waals surface area contributed by atoms with Crippen molar-refractivity contribution in [3.8, 4) is 5.75 Å². The molecule has 1 aliphatic carbocycles. The topological polar surface area (TPSA) is 71.1 Å². The van der Waals surface area contributed by atoms with Crippen LogP contribution in [0.5, 0.6) is 5.75 Å². The van der Waals surface area contributed by atoms with Gasteiger partial charge in [0.1, 0.15) is 24.2 Å². The standard InChI is InChI=1S/C22H26O6/c1-13-8-14(2)10-16(9-13)27-20-12-26-19-11-15(5-6-17(19)21(20)23)28-22(24)18-4-3-7-25-18/h8-10,12,15,17-19H,3-7,11H2,1-2H3. The van der Waals surface area contributed by atoms with Gasteiger partial charge in [0.05, 0.1) is 5.92 Å². The Kier molecular flexibility index (Phi) is 5.40. The summed E-state index contributed by atoms with van der Waals surface area (Å²) in [6.07, 6.45) is 3.83. The normalized spacial score (nSPS) is 29.5. The molecule has 28 heavy (non-hydrogen) atoms. The highest BCUT2D eigenvalue weighted by Crippen LogP contribution is 2.35. The number of Topliss-reactive ketones (excluding diaryl/α,β-unsaturated/α-hetero) is 1. The number of rotatable bonds is 4. The monoisotopic (exact) mass is 386 g/mol. The van der Waals surface area contributed by atoms with E-state index >= 15 is 0 Å². The van der Waals surface area contributed by atoms with Gasteiger partial charge >= 0.3 is 5.97 Å². The molecule has 1 aromatic rings. The maximum Gasteiger partial charge on any atom is 0.335 e. The fraction of sp³-hybridized carbons (Fsp3) is 0.545. The number of carbonyl (C=O) groups excluding carboxylic acids is 2. The highest BCUT2D eigenvalue weighted by atomic mass is 16.6.